The van der Waals surface area contributed by atoms with E-state index < -0.39 is 0 Å². The van der Waals surface area contributed by atoms with Crippen LogP contribution in [0.5, 0.6) is 0 Å². The highest BCUT2D eigenvalue weighted by molar-refractivity contribution is 7.80. The van der Waals surface area contributed by atoms with Gasteiger partial charge in [-0.1, -0.05) is 19.1 Å². The summed E-state index contributed by atoms with van der Waals surface area (Å²) in [5.74, 6) is 0.890. The average molecular weight is 416 g/mol. The molecule has 3 nitrogen and oxygen atoms in total. The van der Waals surface area contributed by atoms with Crippen molar-refractivity contribution in [3.8, 4) is 0 Å². The number of hydrogen-bond acceptors (Lipinski definition) is 3. The number of thiophene rings is 1. The Morgan fingerprint density at radius 1 is 1.21 bits per heavy atom. The minimum Gasteiger partial charge on any atom is -0.344 e. The lowest BCUT2D eigenvalue weighted by Crippen LogP contribution is -2.38. The smallest absolute Gasteiger partial charge is 0.173 e. The Balaban J connectivity index is 1.57. The number of nitrogens with one attached hydrogen (secondary N) is 1. The van der Waals surface area contributed by atoms with Gasteiger partial charge in [-0.25, -0.2) is 0 Å². The summed E-state index contributed by atoms with van der Waals surface area (Å²) in [6.07, 6.45) is 3.83. The van der Waals surface area contributed by atoms with E-state index in [1.165, 1.54) is 48.5 Å². The monoisotopic (exact) mass is 415 g/mol. The molecule has 0 unspecified atom stereocenters. The second-order valence-corrected chi connectivity index (χ2v) is 9.53. The second kappa shape index (κ2) is 10.4. The standard InChI is InChI=1S/C23H33N3S2/c1-18-9-13-25(14-10-18)11-5-12-26(17-22-6-4-15-28-22)23(27)24-21-8-7-19(2)20(3)16-21/h4,6-8,15-16,18H,5,9-14,17H2,1-3H3,(H,24,27). The molecule has 0 radical (unpaired) electrons. The first-order valence-electron chi connectivity index (χ1n) is 10.4. The largest absolute Gasteiger partial charge is 0.344 e. The van der Waals surface area contributed by atoms with Gasteiger partial charge in [-0.2, -0.15) is 0 Å². The molecule has 1 aromatic heterocycles. The Morgan fingerprint density at radius 3 is 2.68 bits per heavy atom. The third-order valence-electron chi connectivity index (χ3n) is 5.75. The molecule has 1 aliphatic heterocycles. The Bertz CT molecular complexity index is 749. The van der Waals surface area contributed by atoms with Crippen molar-refractivity contribution in [3.63, 3.8) is 0 Å². The first-order chi connectivity index (χ1) is 13.5. The topological polar surface area (TPSA) is 18.5 Å². The van der Waals surface area contributed by atoms with Crippen LogP contribution in [0.25, 0.3) is 0 Å². The molecule has 0 saturated carbocycles. The average Bonchev–Trinajstić information content (AvgIpc) is 3.18. The quantitative estimate of drug-likeness (QED) is 0.586. The molecule has 1 N–H and O–H groups in total. The van der Waals surface area contributed by atoms with Gasteiger partial charge in [0.15, 0.2) is 5.11 Å². The zero-order valence-electron chi connectivity index (χ0n) is 17.4. The number of benzene rings is 1. The third-order valence-corrected chi connectivity index (χ3v) is 6.97. The first-order valence-corrected chi connectivity index (χ1v) is 11.7. The maximum Gasteiger partial charge on any atom is 0.173 e. The van der Waals surface area contributed by atoms with Crippen molar-refractivity contribution in [1.29, 1.82) is 0 Å². The normalized spacial score (nSPS) is 15.5. The molecule has 0 aliphatic carbocycles. The van der Waals surface area contributed by atoms with Crippen LogP contribution >= 0.6 is 23.6 Å². The highest BCUT2D eigenvalue weighted by Gasteiger charge is 2.16. The number of nitrogens with zero attached hydrogens (tertiary/aromatic N) is 2. The fraction of sp³-hybridized carbons (Fsp3) is 0.522. The number of piperidine rings is 1. The molecular formula is C23H33N3S2. The zero-order valence-corrected chi connectivity index (χ0v) is 19.0. The number of hydrogen-bond donors (Lipinski definition) is 1. The van der Waals surface area contributed by atoms with E-state index in [1.807, 2.05) is 0 Å². The molecule has 0 amide bonds. The van der Waals surface area contributed by atoms with E-state index >= 15 is 0 Å². The Morgan fingerprint density at radius 2 is 2.00 bits per heavy atom. The van der Waals surface area contributed by atoms with E-state index in [-0.39, 0.29) is 0 Å². The fourth-order valence-electron chi connectivity index (χ4n) is 3.64. The molecule has 0 atom stereocenters. The molecule has 152 valence electrons. The Kier molecular flexibility index (Phi) is 7.89. The summed E-state index contributed by atoms with van der Waals surface area (Å²) in [7, 11) is 0. The van der Waals surface area contributed by atoms with Gasteiger partial charge in [-0.3, -0.25) is 0 Å². The maximum absolute atomic E-state index is 5.80. The van der Waals surface area contributed by atoms with Gasteiger partial charge in [-0.15, -0.1) is 11.3 Å². The molecule has 1 aliphatic rings. The number of likely N-dealkylation sites (tertiary alicyclic amines) is 1. The van der Waals surface area contributed by atoms with Crippen molar-refractivity contribution in [1.82, 2.24) is 9.80 Å². The van der Waals surface area contributed by atoms with Crippen molar-refractivity contribution in [2.75, 3.05) is 31.5 Å². The highest BCUT2D eigenvalue weighted by atomic mass is 32.1. The van der Waals surface area contributed by atoms with Gasteiger partial charge in [0.1, 0.15) is 0 Å². The van der Waals surface area contributed by atoms with E-state index in [2.05, 4.69) is 71.6 Å². The van der Waals surface area contributed by atoms with Crippen LogP contribution < -0.4 is 5.32 Å². The van der Waals surface area contributed by atoms with E-state index in [0.29, 0.717) is 0 Å². The molecule has 3 rings (SSSR count). The molecule has 5 heteroatoms. The van der Waals surface area contributed by atoms with Crippen LogP contribution in [0.3, 0.4) is 0 Å². The summed E-state index contributed by atoms with van der Waals surface area (Å²) < 4.78 is 0. The van der Waals surface area contributed by atoms with E-state index in [4.69, 9.17) is 12.2 Å². The van der Waals surface area contributed by atoms with Crippen LogP contribution in [0, 0.1) is 19.8 Å². The molecule has 0 bridgehead atoms. The molecule has 1 saturated heterocycles. The minimum absolute atomic E-state index is 0.823. The van der Waals surface area contributed by atoms with Crippen LogP contribution in [0.1, 0.15) is 42.2 Å². The van der Waals surface area contributed by atoms with Crippen molar-refractivity contribution in [2.45, 2.75) is 46.6 Å². The summed E-state index contributed by atoms with van der Waals surface area (Å²) in [5.41, 5.74) is 3.67. The maximum atomic E-state index is 5.80. The van der Waals surface area contributed by atoms with Gasteiger partial charge in [0.25, 0.3) is 0 Å². The van der Waals surface area contributed by atoms with Crippen LogP contribution in [0.2, 0.25) is 0 Å². The SMILES string of the molecule is Cc1ccc(NC(=S)N(CCCN2CCC(C)CC2)Cc2cccs2)cc1C. The lowest BCUT2D eigenvalue weighted by molar-refractivity contribution is 0.186. The summed E-state index contributed by atoms with van der Waals surface area (Å²) >= 11 is 7.60. The van der Waals surface area contributed by atoms with Crippen molar-refractivity contribution in [3.05, 3.63) is 51.7 Å². The molecule has 1 fully saturated rings. The van der Waals surface area contributed by atoms with Gasteiger partial charge < -0.3 is 15.1 Å². The minimum atomic E-state index is 0.823. The number of rotatable bonds is 7. The highest BCUT2D eigenvalue weighted by Crippen LogP contribution is 2.18. The number of anilines is 1. The Labute approximate surface area is 179 Å². The molecule has 2 aromatic rings. The predicted molar refractivity (Wildman–Crippen MR) is 126 cm³/mol. The van der Waals surface area contributed by atoms with Gasteiger partial charge in [-0.05, 0) is 106 Å². The van der Waals surface area contributed by atoms with Crippen molar-refractivity contribution >= 4 is 34.4 Å². The van der Waals surface area contributed by atoms with Crippen LogP contribution in [-0.2, 0) is 6.54 Å². The first kappa shape index (κ1) is 21.3. The van der Waals surface area contributed by atoms with E-state index in [1.54, 1.807) is 11.3 Å². The van der Waals surface area contributed by atoms with Gasteiger partial charge >= 0.3 is 0 Å². The third kappa shape index (κ3) is 6.29. The zero-order chi connectivity index (χ0) is 19.9. The van der Waals surface area contributed by atoms with Gasteiger partial charge in [0, 0.05) is 17.1 Å². The lowest BCUT2D eigenvalue weighted by Gasteiger charge is -2.31. The Hall–Kier alpha value is -1.43. The summed E-state index contributed by atoms with van der Waals surface area (Å²) in [5, 5.41) is 6.43. The lowest BCUT2D eigenvalue weighted by atomic mass is 9.99. The molecule has 28 heavy (non-hydrogen) atoms. The van der Waals surface area contributed by atoms with Gasteiger partial charge in [0.05, 0.1) is 6.54 Å². The molecular weight excluding hydrogens is 382 g/mol. The molecule has 1 aromatic carbocycles. The fourth-order valence-corrected chi connectivity index (χ4v) is 4.63. The van der Waals surface area contributed by atoms with Crippen LogP contribution in [-0.4, -0.2) is 41.1 Å². The van der Waals surface area contributed by atoms with E-state index in [0.717, 1.165) is 36.2 Å². The number of thiocarbonyl (C=S) groups is 1. The second-order valence-electron chi connectivity index (χ2n) is 8.11. The van der Waals surface area contributed by atoms with Crippen molar-refractivity contribution in [2.24, 2.45) is 5.92 Å². The van der Waals surface area contributed by atoms with Crippen LogP contribution in [0.15, 0.2) is 35.7 Å². The van der Waals surface area contributed by atoms with Crippen LogP contribution in [0.4, 0.5) is 5.69 Å². The summed E-state index contributed by atoms with van der Waals surface area (Å²) in [6.45, 7) is 12.2. The molecule has 2 heterocycles. The summed E-state index contributed by atoms with van der Waals surface area (Å²) in [4.78, 5) is 6.29. The molecule has 0 spiro atoms. The van der Waals surface area contributed by atoms with Crippen molar-refractivity contribution < 1.29 is 0 Å². The van der Waals surface area contributed by atoms with E-state index in [9.17, 15) is 0 Å². The summed E-state index contributed by atoms with van der Waals surface area (Å²) in [6, 6.07) is 10.8. The van der Waals surface area contributed by atoms with Gasteiger partial charge in [0.2, 0.25) is 0 Å². The number of aryl methyl sites for hydroxylation is 2. The predicted octanol–water partition coefficient (Wildman–Crippen LogP) is 5.69.